The van der Waals surface area contributed by atoms with Crippen molar-refractivity contribution in [1.29, 1.82) is 0 Å². The summed E-state index contributed by atoms with van der Waals surface area (Å²) in [4.78, 5) is 12.1. The summed E-state index contributed by atoms with van der Waals surface area (Å²) in [6, 6.07) is 15.6. The van der Waals surface area contributed by atoms with Crippen LogP contribution in [0.25, 0.3) is 0 Å². The lowest BCUT2D eigenvalue weighted by atomic mass is 10.1. The first kappa shape index (κ1) is 21.8. The fraction of sp³-hybridized carbons (Fsp3) is 0.435. The topological polar surface area (TPSA) is 59.6 Å². The molecule has 2 rings (SSSR count). The molecule has 0 bridgehead atoms. The van der Waals surface area contributed by atoms with Crippen LogP contribution < -0.4 is 15.4 Å². The molecule has 5 heteroatoms. The minimum Gasteiger partial charge on any atom is -0.491 e. The van der Waals surface area contributed by atoms with Crippen molar-refractivity contribution in [3.05, 3.63) is 65.2 Å². The molecule has 2 N–H and O–H groups in total. The lowest BCUT2D eigenvalue weighted by Gasteiger charge is -2.19. The Balaban J connectivity index is 1.80. The van der Waals surface area contributed by atoms with Crippen LogP contribution in [0.2, 0.25) is 0 Å². The van der Waals surface area contributed by atoms with Gasteiger partial charge in [0.15, 0.2) is 0 Å². The van der Waals surface area contributed by atoms with Gasteiger partial charge in [-0.15, -0.1) is 0 Å². The van der Waals surface area contributed by atoms with Crippen LogP contribution in [-0.4, -0.2) is 17.7 Å². The molecule has 0 fully saturated rings. The third-order valence-corrected chi connectivity index (χ3v) is 3.84. The first-order valence-corrected chi connectivity index (χ1v) is 9.70. The molecule has 0 aliphatic heterocycles. The number of carbonyl (C=O) groups is 1. The van der Waals surface area contributed by atoms with Gasteiger partial charge in [-0.05, 0) is 63.4 Å². The van der Waals surface area contributed by atoms with Gasteiger partial charge in [-0.2, -0.15) is 0 Å². The predicted octanol–water partition coefficient (Wildman–Crippen LogP) is 4.79. The van der Waals surface area contributed by atoms with E-state index in [4.69, 9.17) is 9.47 Å². The highest BCUT2D eigenvalue weighted by molar-refractivity contribution is 5.73. The fourth-order valence-corrected chi connectivity index (χ4v) is 2.56. The minimum absolute atomic E-state index is 0.121. The standard InChI is InChI=1S/C23H32N2O3/c1-17(2)28-21-11-7-9-19(13-21)15-25-22(26)24-14-18-8-6-10-20(12-18)16-27-23(3,4)5/h6-13,17H,14-16H2,1-5H3,(H2,24,25,26). The van der Waals surface area contributed by atoms with Crippen molar-refractivity contribution in [2.45, 2.75) is 66.0 Å². The third-order valence-electron chi connectivity index (χ3n) is 3.84. The molecule has 0 aliphatic carbocycles. The van der Waals surface area contributed by atoms with Crippen LogP contribution in [0.1, 0.15) is 51.3 Å². The molecule has 0 unspecified atom stereocenters. The molecule has 152 valence electrons. The third kappa shape index (κ3) is 8.44. The number of rotatable bonds is 8. The summed E-state index contributed by atoms with van der Waals surface area (Å²) in [6.45, 7) is 11.5. The average molecular weight is 385 g/mol. The summed E-state index contributed by atoms with van der Waals surface area (Å²) in [5, 5.41) is 5.77. The molecule has 5 nitrogen and oxygen atoms in total. The van der Waals surface area contributed by atoms with Crippen molar-refractivity contribution >= 4 is 6.03 Å². The van der Waals surface area contributed by atoms with Gasteiger partial charge < -0.3 is 20.1 Å². The van der Waals surface area contributed by atoms with Gasteiger partial charge in [0.05, 0.1) is 18.3 Å². The number of hydrogen-bond donors (Lipinski definition) is 2. The van der Waals surface area contributed by atoms with Crippen molar-refractivity contribution in [2.75, 3.05) is 0 Å². The zero-order valence-electron chi connectivity index (χ0n) is 17.5. The molecule has 0 atom stereocenters. The van der Waals surface area contributed by atoms with Crippen LogP contribution in [0.4, 0.5) is 4.79 Å². The molecule has 0 heterocycles. The van der Waals surface area contributed by atoms with Gasteiger partial charge in [0.1, 0.15) is 5.75 Å². The summed E-state index contributed by atoms with van der Waals surface area (Å²) >= 11 is 0. The molecule has 2 amide bonds. The van der Waals surface area contributed by atoms with Gasteiger partial charge in [0.2, 0.25) is 0 Å². The lowest BCUT2D eigenvalue weighted by Crippen LogP contribution is -2.34. The Kier molecular flexibility index (Phi) is 7.88. The Morgan fingerprint density at radius 3 is 2.11 bits per heavy atom. The van der Waals surface area contributed by atoms with Crippen LogP contribution in [0, 0.1) is 0 Å². The largest absolute Gasteiger partial charge is 0.491 e. The smallest absolute Gasteiger partial charge is 0.315 e. The predicted molar refractivity (Wildman–Crippen MR) is 112 cm³/mol. The SMILES string of the molecule is CC(C)Oc1cccc(CNC(=O)NCc2cccc(COC(C)(C)C)c2)c1. The highest BCUT2D eigenvalue weighted by Gasteiger charge is 2.10. The van der Waals surface area contributed by atoms with Gasteiger partial charge in [-0.3, -0.25) is 0 Å². The normalized spacial score (nSPS) is 11.4. The second-order valence-electron chi connectivity index (χ2n) is 8.07. The Hall–Kier alpha value is -2.53. The van der Waals surface area contributed by atoms with Crippen molar-refractivity contribution in [1.82, 2.24) is 10.6 Å². The molecule has 0 radical (unpaired) electrons. The van der Waals surface area contributed by atoms with E-state index >= 15 is 0 Å². The van der Waals surface area contributed by atoms with Crippen molar-refractivity contribution in [3.63, 3.8) is 0 Å². The van der Waals surface area contributed by atoms with Crippen LogP contribution in [0.3, 0.4) is 0 Å². The Morgan fingerprint density at radius 2 is 1.50 bits per heavy atom. The van der Waals surface area contributed by atoms with Gasteiger partial charge >= 0.3 is 6.03 Å². The van der Waals surface area contributed by atoms with E-state index in [2.05, 4.69) is 16.7 Å². The summed E-state index contributed by atoms with van der Waals surface area (Å²) in [5.74, 6) is 0.809. The van der Waals surface area contributed by atoms with Crippen LogP contribution in [0.15, 0.2) is 48.5 Å². The molecule has 0 aliphatic rings. The number of amides is 2. The summed E-state index contributed by atoms with van der Waals surface area (Å²) < 4.78 is 11.5. The maximum atomic E-state index is 12.1. The van der Waals surface area contributed by atoms with Gasteiger partial charge in [0.25, 0.3) is 0 Å². The number of benzene rings is 2. The quantitative estimate of drug-likeness (QED) is 0.688. The number of ether oxygens (including phenoxy) is 2. The number of carbonyl (C=O) groups excluding carboxylic acids is 1. The maximum absolute atomic E-state index is 12.1. The van der Waals surface area contributed by atoms with Crippen LogP contribution >= 0.6 is 0 Å². The number of urea groups is 1. The Bertz CT molecular complexity index is 766. The first-order valence-electron chi connectivity index (χ1n) is 9.70. The summed E-state index contributed by atoms with van der Waals surface area (Å²) in [6.07, 6.45) is 0.121. The molecule has 28 heavy (non-hydrogen) atoms. The fourth-order valence-electron chi connectivity index (χ4n) is 2.56. The zero-order chi connectivity index (χ0) is 20.6. The second-order valence-corrected chi connectivity index (χ2v) is 8.07. The zero-order valence-corrected chi connectivity index (χ0v) is 17.5. The van der Waals surface area contributed by atoms with Gasteiger partial charge in [0, 0.05) is 13.1 Å². The molecular formula is C23H32N2O3. The molecule has 2 aromatic rings. The van der Waals surface area contributed by atoms with E-state index < -0.39 is 0 Å². The monoisotopic (exact) mass is 384 g/mol. The summed E-state index contributed by atoms with van der Waals surface area (Å²) in [7, 11) is 0. The van der Waals surface area contributed by atoms with E-state index in [1.165, 1.54) is 0 Å². The van der Waals surface area contributed by atoms with E-state index in [0.717, 1.165) is 22.4 Å². The van der Waals surface area contributed by atoms with E-state index in [-0.39, 0.29) is 17.7 Å². The maximum Gasteiger partial charge on any atom is 0.315 e. The second kappa shape index (κ2) is 10.1. The van der Waals surface area contributed by atoms with Crippen LogP contribution in [-0.2, 0) is 24.4 Å². The molecule has 0 spiro atoms. The van der Waals surface area contributed by atoms with E-state index in [9.17, 15) is 4.79 Å². The number of nitrogens with one attached hydrogen (secondary N) is 2. The van der Waals surface area contributed by atoms with Crippen molar-refractivity contribution in [2.24, 2.45) is 0 Å². The molecule has 0 saturated carbocycles. The lowest BCUT2D eigenvalue weighted by molar-refractivity contribution is -0.0149. The Labute approximate surface area is 168 Å². The highest BCUT2D eigenvalue weighted by Crippen LogP contribution is 2.15. The molecule has 0 saturated heterocycles. The first-order chi connectivity index (χ1) is 13.2. The van der Waals surface area contributed by atoms with E-state index in [0.29, 0.717) is 19.7 Å². The minimum atomic E-state index is -0.202. The summed E-state index contributed by atoms with van der Waals surface area (Å²) in [5.41, 5.74) is 2.95. The van der Waals surface area contributed by atoms with E-state index in [1.807, 2.05) is 77.1 Å². The average Bonchev–Trinajstić information content (AvgIpc) is 2.63. The van der Waals surface area contributed by atoms with E-state index in [1.54, 1.807) is 0 Å². The molecule has 2 aromatic carbocycles. The van der Waals surface area contributed by atoms with Gasteiger partial charge in [-0.25, -0.2) is 4.79 Å². The van der Waals surface area contributed by atoms with Crippen LogP contribution in [0.5, 0.6) is 5.75 Å². The number of hydrogen-bond acceptors (Lipinski definition) is 3. The molecule has 0 aromatic heterocycles. The highest BCUT2D eigenvalue weighted by atomic mass is 16.5. The Morgan fingerprint density at radius 1 is 0.929 bits per heavy atom. The van der Waals surface area contributed by atoms with Crippen molar-refractivity contribution in [3.8, 4) is 5.75 Å². The van der Waals surface area contributed by atoms with Gasteiger partial charge in [-0.1, -0.05) is 36.4 Å². The van der Waals surface area contributed by atoms with Crippen molar-refractivity contribution < 1.29 is 14.3 Å². The molecular weight excluding hydrogens is 352 g/mol.